The topological polar surface area (TPSA) is 86.8 Å². The smallest absolute Gasteiger partial charge is 0.319 e. The Hall–Kier alpha value is -3.13. The van der Waals surface area contributed by atoms with Gasteiger partial charge >= 0.3 is 6.03 Å². The lowest BCUT2D eigenvalue weighted by Gasteiger charge is -2.29. The summed E-state index contributed by atoms with van der Waals surface area (Å²) in [5.74, 6) is 0.754. The number of carbonyl (C=O) groups excluding carboxylic acids is 2. The monoisotopic (exact) mass is 397 g/mol. The molecule has 0 unspecified atom stereocenters. The minimum atomic E-state index is -0.334. The fraction of sp³-hybridized carbons (Fsp3) is 0.381. The van der Waals surface area contributed by atoms with Gasteiger partial charge in [-0.3, -0.25) is 4.79 Å². The molecule has 154 valence electrons. The second-order valence-corrected chi connectivity index (χ2v) is 7.12. The second-order valence-electron chi connectivity index (χ2n) is 7.12. The lowest BCUT2D eigenvalue weighted by atomic mass is 10.1. The van der Waals surface area contributed by atoms with E-state index in [1.807, 2.05) is 25.1 Å². The largest absolute Gasteiger partial charge is 0.378 e. The van der Waals surface area contributed by atoms with Crippen molar-refractivity contribution >= 4 is 23.4 Å². The van der Waals surface area contributed by atoms with Gasteiger partial charge in [-0.1, -0.05) is 12.1 Å². The van der Waals surface area contributed by atoms with Crippen molar-refractivity contribution in [1.82, 2.24) is 15.2 Å². The zero-order valence-corrected chi connectivity index (χ0v) is 17.1. The first-order valence-electron chi connectivity index (χ1n) is 9.59. The molecule has 1 aromatic carbocycles. The number of benzene rings is 1. The molecule has 0 bridgehead atoms. The fourth-order valence-electron chi connectivity index (χ4n) is 3.12. The molecule has 2 heterocycles. The number of hydrogen-bond acceptors (Lipinski definition) is 5. The van der Waals surface area contributed by atoms with Gasteiger partial charge in [-0.25, -0.2) is 9.78 Å². The van der Waals surface area contributed by atoms with Crippen LogP contribution in [0.25, 0.3) is 0 Å². The molecule has 3 rings (SSSR count). The van der Waals surface area contributed by atoms with E-state index in [-0.39, 0.29) is 11.9 Å². The lowest BCUT2D eigenvalue weighted by molar-refractivity contribution is 0.0827. The van der Waals surface area contributed by atoms with E-state index in [9.17, 15) is 9.59 Å². The Morgan fingerprint density at radius 3 is 2.69 bits per heavy atom. The number of nitrogens with zero attached hydrogens (tertiary/aromatic N) is 3. The summed E-state index contributed by atoms with van der Waals surface area (Å²) in [4.78, 5) is 32.8. The first-order valence-corrected chi connectivity index (χ1v) is 9.59. The van der Waals surface area contributed by atoms with Crippen molar-refractivity contribution < 1.29 is 14.3 Å². The predicted molar refractivity (Wildman–Crippen MR) is 112 cm³/mol. The standard InChI is InChI=1S/C21H27N5O3/c1-15-6-7-16(20(27)25(2)3)13-18(15)24-21(28)23-14-17-5-4-8-22-19(17)26-9-11-29-12-10-26/h4-8,13H,9-12,14H2,1-3H3,(H2,23,24,28). The fourth-order valence-corrected chi connectivity index (χ4v) is 3.12. The van der Waals surface area contributed by atoms with Gasteiger partial charge in [-0.15, -0.1) is 0 Å². The van der Waals surface area contributed by atoms with Crippen LogP contribution in [0, 0.1) is 6.92 Å². The Kier molecular flexibility index (Phi) is 6.66. The number of aromatic nitrogens is 1. The summed E-state index contributed by atoms with van der Waals surface area (Å²) in [5, 5.41) is 5.72. The first-order chi connectivity index (χ1) is 14.0. The zero-order valence-electron chi connectivity index (χ0n) is 17.1. The van der Waals surface area contributed by atoms with Crippen LogP contribution in [-0.4, -0.2) is 62.2 Å². The number of aryl methyl sites for hydroxylation is 1. The van der Waals surface area contributed by atoms with Crippen LogP contribution < -0.4 is 15.5 Å². The van der Waals surface area contributed by atoms with Crippen LogP contribution in [0.5, 0.6) is 0 Å². The molecule has 2 aromatic rings. The highest BCUT2D eigenvalue weighted by molar-refractivity contribution is 5.97. The van der Waals surface area contributed by atoms with Crippen LogP contribution in [0.4, 0.5) is 16.3 Å². The molecule has 0 spiro atoms. The van der Waals surface area contributed by atoms with Crippen LogP contribution in [0.1, 0.15) is 21.5 Å². The van der Waals surface area contributed by atoms with Gasteiger partial charge in [0.1, 0.15) is 5.82 Å². The molecule has 3 amide bonds. The Labute approximate surface area is 170 Å². The van der Waals surface area contributed by atoms with E-state index in [1.165, 1.54) is 4.90 Å². The third kappa shape index (κ3) is 5.23. The molecule has 1 aliphatic rings. The molecule has 0 radical (unpaired) electrons. The van der Waals surface area contributed by atoms with Gasteiger partial charge in [0, 0.05) is 56.7 Å². The van der Waals surface area contributed by atoms with Gasteiger partial charge in [-0.2, -0.15) is 0 Å². The normalized spacial score (nSPS) is 13.7. The Balaban J connectivity index is 1.65. The number of morpholine rings is 1. The highest BCUT2D eigenvalue weighted by Crippen LogP contribution is 2.20. The summed E-state index contributed by atoms with van der Waals surface area (Å²) in [6.07, 6.45) is 1.75. The van der Waals surface area contributed by atoms with Crippen LogP contribution in [0.2, 0.25) is 0 Å². The average molecular weight is 397 g/mol. The van der Waals surface area contributed by atoms with Crippen molar-refractivity contribution in [2.75, 3.05) is 50.6 Å². The Morgan fingerprint density at radius 2 is 1.97 bits per heavy atom. The third-order valence-corrected chi connectivity index (χ3v) is 4.76. The summed E-state index contributed by atoms with van der Waals surface area (Å²) in [6, 6.07) is 8.76. The number of amides is 3. The molecule has 0 aliphatic carbocycles. The van der Waals surface area contributed by atoms with Gasteiger partial charge in [0.2, 0.25) is 0 Å². The molecule has 1 aromatic heterocycles. The highest BCUT2D eigenvalue weighted by atomic mass is 16.5. The minimum absolute atomic E-state index is 0.112. The van der Waals surface area contributed by atoms with E-state index >= 15 is 0 Å². The summed E-state index contributed by atoms with van der Waals surface area (Å²) >= 11 is 0. The predicted octanol–water partition coefficient (Wildman–Crippen LogP) is 2.25. The van der Waals surface area contributed by atoms with Gasteiger partial charge in [0.15, 0.2) is 0 Å². The Morgan fingerprint density at radius 1 is 1.21 bits per heavy atom. The maximum absolute atomic E-state index is 12.5. The van der Waals surface area contributed by atoms with Crippen molar-refractivity contribution in [3.05, 3.63) is 53.2 Å². The molecule has 1 saturated heterocycles. The number of ether oxygens (including phenoxy) is 1. The van der Waals surface area contributed by atoms with Crippen molar-refractivity contribution in [1.29, 1.82) is 0 Å². The van der Waals surface area contributed by atoms with E-state index in [2.05, 4.69) is 20.5 Å². The highest BCUT2D eigenvalue weighted by Gasteiger charge is 2.16. The molecule has 8 nitrogen and oxygen atoms in total. The molecule has 0 atom stereocenters. The van der Waals surface area contributed by atoms with E-state index < -0.39 is 0 Å². The number of urea groups is 1. The number of anilines is 2. The molecular weight excluding hydrogens is 370 g/mol. The van der Waals surface area contributed by atoms with Crippen LogP contribution >= 0.6 is 0 Å². The number of pyridine rings is 1. The molecule has 0 saturated carbocycles. The molecular formula is C21H27N5O3. The van der Waals surface area contributed by atoms with Crippen molar-refractivity contribution in [2.24, 2.45) is 0 Å². The van der Waals surface area contributed by atoms with Gasteiger partial charge in [0.05, 0.1) is 13.2 Å². The molecule has 1 fully saturated rings. The maximum Gasteiger partial charge on any atom is 0.319 e. The molecule has 2 N–H and O–H groups in total. The van der Waals surface area contributed by atoms with Crippen molar-refractivity contribution in [2.45, 2.75) is 13.5 Å². The SMILES string of the molecule is Cc1ccc(C(=O)N(C)C)cc1NC(=O)NCc1cccnc1N1CCOCC1. The number of rotatable bonds is 5. The summed E-state index contributed by atoms with van der Waals surface area (Å²) in [6.45, 7) is 5.14. The molecule has 29 heavy (non-hydrogen) atoms. The third-order valence-electron chi connectivity index (χ3n) is 4.76. The number of hydrogen-bond donors (Lipinski definition) is 2. The summed E-state index contributed by atoms with van der Waals surface area (Å²) in [5.41, 5.74) is 2.95. The number of nitrogens with one attached hydrogen (secondary N) is 2. The van der Waals surface area contributed by atoms with Crippen molar-refractivity contribution in [3.63, 3.8) is 0 Å². The molecule has 8 heteroatoms. The summed E-state index contributed by atoms with van der Waals surface area (Å²) in [7, 11) is 3.39. The van der Waals surface area contributed by atoms with Crippen LogP contribution in [0.15, 0.2) is 36.5 Å². The summed E-state index contributed by atoms with van der Waals surface area (Å²) < 4.78 is 5.40. The quantitative estimate of drug-likeness (QED) is 0.808. The Bertz CT molecular complexity index is 878. The van der Waals surface area contributed by atoms with E-state index in [4.69, 9.17) is 4.74 Å². The van der Waals surface area contributed by atoms with E-state index in [1.54, 1.807) is 32.4 Å². The van der Waals surface area contributed by atoms with Gasteiger partial charge in [-0.05, 0) is 30.7 Å². The van der Waals surface area contributed by atoms with E-state index in [0.717, 1.165) is 30.0 Å². The van der Waals surface area contributed by atoms with Crippen LogP contribution in [-0.2, 0) is 11.3 Å². The number of carbonyl (C=O) groups is 2. The van der Waals surface area contributed by atoms with E-state index in [0.29, 0.717) is 31.0 Å². The average Bonchev–Trinajstić information content (AvgIpc) is 2.74. The first kappa shape index (κ1) is 20.6. The minimum Gasteiger partial charge on any atom is -0.378 e. The van der Waals surface area contributed by atoms with Crippen LogP contribution in [0.3, 0.4) is 0 Å². The van der Waals surface area contributed by atoms with Crippen molar-refractivity contribution in [3.8, 4) is 0 Å². The van der Waals surface area contributed by atoms with Gasteiger partial charge in [0.25, 0.3) is 5.91 Å². The molecule has 1 aliphatic heterocycles. The van der Waals surface area contributed by atoms with Gasteiger partial charge < -0.3 is 25.2 Å². The second kappa shape index (κ2) is 9.38. The zero-order chi connectivity index (χ0) is 20.8. The maximum atomic E-state index is 12.5. The lowest BCUT2D eigenvalue weighted by Crippen LogP contribution is -2.38.